The Bertz CT molecular complexity index is 42.5. The van der Waals surface area contributed by atoms with E-state index in [9.17, 15) is 0 Å². The van der Waals surface area contributed by atoms with Gasteiger partial charge in [-0.3, -0.25) is 0 Å². The summed E-state index contributed by atoms with van der Waals surface area (Å²) in [4.78, 5) is 0. The molecule has 108 valence electrons. The predicted molar refractivity (Wildman–Crippen MR) is 69.5 cm³/mol. The second-order valence-corrected chi connectivity index (χ2v) is 2.89. The van der Waals surface area contributed by atoms with Gasteiger partial charge >= 0.3 is 0 Å². The molecule has 0 fully saturated rings. The molecule has 0 atom stereocenters. The van der Waals surface area contributed by atoms with E-state index in [4.69, 9.17) is 20.4 Å². The first-order chi connectivity index (χ1) is 7.66. The van der Waals surface area contributed by atoms with Crippen LogP contribution in [-0.2, 0) is 21.7 Å². The van der Waals surface area contributed by atoms with Crippen molar-refractivity contribution in [1.82, 2.24) is 0 Å². The molecule has 0 aliphatic carbocycles. The van der Waals surface area contributed by atoms with Crippen LogP contribution in [0, 0.1) is 0 Å². The van der Waals surface area contributed by atoms with Crippen LogP contribution in [0.4, 0.5) is 0 Å². The number of aliphatic hydroxyl groups excluding tert-OH is 4. The van der Waals surface area contributed by atoms with E-state index in [0.717, 1.165) is 25.7 Å². The van der Waals surface area contributed by atoms with Gasteiger partial charge in [0.05, 0.1) is 0 Å². The van der Waals surface area contributed by atoms with Gasteiger partial charge in [0.2, 0.25) is 0 Å². The fourth-order valence-corrected chi connectivity index (χ4v) is 0. The average molecular weight is 288 g/mol. The summed E-state index contributed by atoms with van der Waals surface area (Å²) in [5.41, 5.74) is 0. The molecular weight excluding hydrogens is 256 g/mol. The number of rotatable bonds is 4. The topological polar surface area (TPSA) is 80.9 Å². The normalized spacial score (nSPS) is 7.06. The minimum atomic E-state index is 0. The molecule has 0 aliphatic heterocycles. The minimum Gasteiger partial charge on any atom is -0.396 e. The van der Waals surface area contributed by atoms with Crippen molar-refractivity contribution in [3.05, 3.63) is 0 Å². The molecule has 5 heteroatoms. The zero-order valence-corrected chi connectivity index (χ0v) is 13.5. The molecule has 0 aromatic heterocycles. The van der Waals surface area contributed by atoms with Crippen LogP contribution in [0.15, 0.2) is 0 Å². The van der Waals surface area contributed by atoms with E-state index in [1.165, 1.54) is 0 Å². The second-order valence-electron chi connectivity index (χ2n) is 2.89. The molecule has 0 spiro atoms. The van der Waals surface area contributed by atoms with Crippen LogP contribution < -0.4 is 0 Å². The smallest absolute Gasteiger partial charge is 0.0428 e. The van der Waals surface area contributed by atoms with Crippen LogP contribution in [0.2, 0.25) is 0 Å². The molecule has 0 rings (SSSR count). The molecule has 4 N–H and O–H groups in total. The molecular formula is C12H32O4Ti. The van der Waals surface area contributed by atoms with E-state index in [1.54, 1.807) is 0 Å². The first-order valence-electron chi connectivity index (χ1n) is 6.09. The Labute approximate surface area is 122 Å². The first-order valence-corrected chi connectivity index (χ1v) is 6.09. The molecule has 4 nitrogen and oxygen atoms in total. The van der Waals surface area contributed by atoms with Crippen molar-refractivity contribution < 1.29 is 42.1 Å². The summed E-state index contributed by atoms with van der Waals surface area (Å²) >= 11 is 0. The number of hydrogen-bond donors (Lipinski definition) is 4. The molecule has 0 aromatic rings. The fourth-order valence-electron chi connectivity index (χ4n) is 0. The average Bonchev–Trinajstić information content (AvgIpc) is 2.39. The van der Waals surface area contributed by atoms with Crippen molar-refractivity contribution in [2.45, 2.75) is 53.4 Å². The summed E-state index contributed by atoms with van der Waals surface area (Å²) in [6.07, 6.45) is 3.50. The van der Waals surface area contributed by atoms with Gasteiger partial charge in [-0.2, -0.15) is 0 Å². The summed E-state index contributed by atoms with van der Waals surface area (Å²) in [5.74, 6) is 0. The standard InChI is InChI=1S/4C3H8O.Ti/c4*1-2-3-4;/h4*4H,2-3H2,1H3;. The van der Waals surface area contributed by atoms with E-state index < -0.39 is 0 Å². The van der Waals surface area contributed by atoms with Crippen LogP contribution in [0.5, 0.6) is 0 Å². The summed E-state index contributed by atoms with van der Waals surface area (Å²) in [5, 5.41) is 31.5. The van der Waals surface area contributed by atoms with Crippen molar-refractivity contribution in [2.24, 2.45) is 0 Å². The SMILES string of the molecule is CCCO.CCCO.CCCO.CCCO.[Ti]. The maximum atomic E-state index is 7.88. The molecule has 0 bridgehead atoms. The van der Waals surface area contributed by atoms with Gasteiger partial charge in [-0.15, -0.1) is 0 Å². The Morgan fingerprint density at radius 1 is 0.471 bits per heavy atom. The summed E-state index contributed by atoms with van der Waals surface area (Å²) < 4.78 is 0. The van der Waals surface area contributed by atoms with Crippen molar-refractivity contribution in [1.29, 1.82) is 0 Å². The van der Waals surface area contributed by atoms with E-state index in [1.807, 2.05) is 27.7 Å². The minimum absolute atomic E-state index is 0. The van der Waals surface area contributed by atoms with Crippen LogP contribution in [-0.4, -0.2) is 46.9 Å². The van der Waals surface area contributed by atoms with Crippen molar-refractivity contribution >= 4 is 0 Å². The number of aliphatic hydroxyl groups is 4. The third-order valence-corrected chi connectivity index (χ3v) is 0.894. The fraction of sp³-hybridized carbons (Fsp3) is 1.00. The van der Waals surface area contributed by atoms with Gasteiger partial charge in [0.25, 0.3) is 0 Å². The van der Waals surface area contributed by atoms with Crippen molar-refractivity contribution in [3.63, 3.8) is 0 Å². The summed E-state index contributed by atoms with van der Waals surface area (Å²) in [6, 6.07) is 0. The zero-order chi connectivity index (χ0) is 13.7. The monoisotopic (exact) mass is 288 g/mol. The number of hydrogen-bond acceptors (Lipinski definition) is 4. The largest absolute Gasteiger partial charge is 0.396 e. The Morgan fingerprint density at radius 3 is 0.529 bits per heavy atom. The Morgan fingerprint density at radius 2 is 0.529 bits per heavy atom. The molecule has 0 saturated carbocycles. The first kappa shape index (κ1) is 30.5. The zero-order valence-electron chi connectivity index (χ0n) is 11.9. The molecule has 0 unspecified atom stereocenters. The van der Waals surface area contributed by atoms with E-state index in [-0.39, 0.29) is 21.7 Å². The van der Waals surface area contributed by atoms with Gasteiger partial charge in [0.15, 0.2) is 0 Å². The van der Waals surface area contributed by atoms with Gasteiger partial charge in [-0.25, -0.2) is 0 Å². The molecule has 0 aromatic carbocycles. The van der Waals surface area contributed by atoms with E-state index in [2.05, 4.69) is 0 Å². The molecule has 0 amide bonds. The van der Waals surface area contributed by atoms with Crippen LogP contribution in [0.25, 0.3) is 0 Å². The molecule has 0 radical (unpaired) electrons. The molecule has 17 heavy (non-hydrogen) atoms. The van der Waals surface area contributed by atoms with Gasteiger partial charge < -0.3 is 20.4 Å². The molecule has 0 saturated heterocycles. The molecule has 0 aliphatic rings. The Kier molecular flexibility index (Phi) is 98.3. The van der Waals surface area contributed by atoms with Gasteiger partial charge in [-0.1, -0.05) is 27.7 Å². The summed E-state index contributed by atoms with van der Waals surface area (Å²) in [6.45, 7) is 9.00. The quantitative estimate of drug-likeness (QED) is 0.592. The maximum absolute atomic E-state index is 7.88. The summed E-state index contributed by atoms with van der Waals surface area (Å²) in [7, 11) is 0. The third kappa shape index (κ3) is 169. The van der Waals surface area contributed by atoms with E-state index in [0.29, 0.717) is 26.4 Å². The molecule has 0 heterocycles. The second kappa shape index (κ2) is 54.7. The van der Waals surface area contributed by atoms with E-state index >= 15 is 0 Å². The van der Waals surface area contributed by atoms with Crippen molar-refractivity contribution in [2.75, 3.05) is 26.4 Å². The van der Waals surface area contributed by atoms with Gasteiger partial charge in [0.1, 0.15) is 0 Å². The van der Waals surface area contributed by atoms with Crippen LogP contribution >= 0.6 is 0 Å². The van der Waals surface area contributed by atoms with Gasteiger partial charge in [-0.05, 0) is 25.7 Å². The predicted octanol–water partition coefficient (Wildman–Crippen LogP) is 1.55. The van der Waals surface area contributed by atoms with Gasteiger partial charge in [0, 0.05) is 48.1 Å². The van der Waals surface area contributed by atoms with Crippen LogP contribution in [0.3, 0.4) is 0 Å². The third-order valence-electron chi connectivity index (χ3n) is 0.894. The van der Waals surface area contributed by atoms with Crippen LogP contribution in [0.1, 0.15) is 53.4 Å². The maximum Gasteiger partial charge on any atom is 0.0428 e. The Balaban J connectivity index is -0.0000000369. The Hall–Kier alpha value is 0.554. The van der Waals surface area contributed by atoms with Crippen molar-refractivity contribution in [3.8, 4) is 0 Å².